The number of likely N-dealkylation sites (N-methyl/N-ethyl adjacent to an activating group) is 1. The number of aromatic nitrogens is 2. The van der Waals surface area contributed by atoms with Crippen molar-refractivity contribution >= 4 is 27.4 Å². The Bertz CT molecular complexity index is 510. The SMILES string of the molecule is CNC1CCCN(c2ncnc3ccsc23)C1. The first-order chi connectivity index (χ1) is 8.38. The number of nitrogens with zero attached hydrogens (tertiary/aromatic N) is 3. The van der Waals surface area contributed by atoms with Gasteiger partial charge in [-0.3, -0.25) is 0 Å². The Morgan fingerprint density at radius 2 is 2.41 bits per heavy atom. The number of hydrogen-bond donors (Lipinski definition) is 1. The average Bonchev–Trinajstić information content (AvgIpc) is 2.87. The highest BCUT2D eigenvalue weighted by atomic mass is 32.1. The molecule has 1 unspecified atom stereocenters. The van der Waals surface area contributed by atoms with Gasteiger partial charge in [0.1, 0.15) is 12.1 Å². The van der Waals surface area contributed by atoms with Crippen molar-refractivity contribution in [2.75, 3.05) is 25.0 Å². The molecule has 1 aliphatic rings. The third-order valence-corrected chi connectivity index (χ3v) is 4.25. The van der Waals surface area contributed by atoms with E-state index >= 15 is 0 Å². The van der Waals surface area contributed by atoms with Crippen molar-refractivity contribution in [2.24, 2.45) is 0 Å². The minimum absolute atomic E-state index is 0.578. The van der Waals surface area contributed by atoms with E-state index in [4.69, 9.17) is 0 Å². The van der Waals surface area contributed by atoms with E-state index in [1.165, 1.54) is 17.5 Å². The van der Waals surface area contributed by atoms with Crippen LogP contribution in [0.1, 0.15) is 12.8 Å². The van der Waals surface area contributed by atoms with Gasteiger partial charge in [-0.15, -0.1) is 11.3 Å². The van der Waals surface area contributed by atoms with E-state index in [1.54, 1.807) is 17.7 Å². The molecule has 0 aliphatic carbocycles. The second kappa shape index (κ2) is 4.58. The molecule has 90 valence electrons. The Balaban J connectivity index is 1.94. The smallest absolute Gasteiger partial charge is 0.150 e. The lowest BCUT2D eigenvalue weighted by molar-refractivity contribution is 0.448. The highest BCUT2D eigenvalue weighted by Gasteiger charge is 2.21. The van der Waals surface area contributed by atoms with Crippen LogP contribution in [0.3, 0.4) is 0 Å². The Kier molecular flexibility index (Phi) is 2.94. The van der Waals surface area contributed by atoms with Crippen molar-refractivity contribution in [3.8, 4) is 0 Å². The van der Waals surface area contributed by atoms with Gasteiger partial charge in [0, 0.05) is 19.1 Å². The number of anilines is 1. The molecule has 1 saturated heterocycles. The summed E-state index contributed by atoms with van der Waals surface area (Å²) in [5.74, 6) is 1.10. The van der Waals surface area contributed by atoms with Crippen LogP contribution in [0.4, 0.5) is 5.82 Å². The maximum atomic E-state index is 4.47. The summed E-state index contributed by atoms with van der Waals surface area (Å²) in [6, 6.07) is 2.64. The predicted molar refractivity (Wildman–Crippen MR) is 71.7 cm³/mol. The molecular weight excluding hydrogens is 232 g/mol. The Labute approximate surface area is 105 Å². The van der Waals surface area contributed by atoms with E-state index < -0.39 is 0 Å². The van der Waals surface area contributed by atoms with Crippen LogP contribution in [0.2, 0.25) is 0 Å². The molecular formula is C12H16N4S. The first kappa shape index (κ1) is 10.9. The van der Waals surface area contributed by atoms with Crippen molar-refractivity contribution in [3.63, 3.8) is 0 Å². The van der Waals surface area contributed by atoms with Crippen molar-refractivity contribution in [2.45, 2.75) is 18.9 Å². The van der Waals surface area contributed by atoms with Gasteiger partial charge in [0.15, 0.2) is 0 Å². The molecule has 0 saturated carbocycles. The molecule has 0 spiro atoms. The lowest BCUT2D eigenvalue weighted by atomic mass is 10.1. The van der Waals surface area contributed by atoms with Gasteiger partial charge in [-0.1, -0.05) is 0 Å². The minimum Gasteiger partial charge on any atom is -0.354 e. The fourth-order valence-corrected chi connectivity index (χ4v) is 3.27. The van der Waals surface area contributed by atoms with Crippen molar-refractivity contribution < 1.29 is 0 Å². The van der Waals surface area contributed by atoms with E-state index in [-0.39, 0.29) is 0 Å². The molecule has 2 aromatic rings. The van der Waals surface area contributed by atoms with E-state index in [0.717, 1.165) is 24.4 Å². The third-order valence-electron chi connectivity index (χ3n) is 3.35. The quantitative estimate of drug-likeness (QED) is 0.881. The number of piperidine rings is 1. The molecule has 0 amide bonds. The average molecular weight is 248 g/mol. The second-order valence-electron chi connectivity index (χ2n) is 4.41. The van der Waals surface area contributed by atoms with Gasteiger partial charge < -0.3 is 10.2 Å². The zero-order valence-corrected chi connectivity index (χ0v) is 10.7. The first-order valence-electron chi connectivity index (χ1n) is 5.99. The van der Waals surface area contributed by atoms with Gasteiger partial charge in [-0.2, -0.15) is 0 Å². The Morgan fingerprint density at radius 1 is 1.47 bits per heavy atom. The summed E-state index contributed by atoms with van der Waals surface area (Å²) in [7, 11) is 2.04. The first-order valence-corrected chi connectivity index (χ1v) is 6.87. The van der Waals surface area contributed by atoms with Crippen LogP contribution in [-0.2, 0) is 0 Å². The van der Waals surface area contributed by atoms with Gasteiger partial charge in [-0.05, 0) is 31.3 Å². The molecule has 1 N–H and O–H groups in total. The van der Waals surface area contributed by atoms with Gasteiger partial charge in [0.05, 0.1) is 10.2 Å². The minimum atomic E-state index is 0.578. The second-order valence-corrected chi connectivity index (χ2v) is 5.32. The highest BCUT2D eigenvalue weighted by molar-refractivity contribution is 7.17. The molecule has 0 radical (unpaired) electrons. The lowest BCUT2D eigenvalue weighted by Crippen LogP contribution is -2.44. The van der Waals surface area contributed by atoms with Crippen molar-refractivity contribution in [1.29, 1.82) is 0 Å². The molecule has 2 aromatic heterocycles. The van der Waals surface area contributed by atoms with E-state index in [9.17, 15) is 0 Å². The molecule has 1 fully saturated rings. The van der Waals surface area contributed by atoms with Crippen LogP contribution in [-0.4, -0.2) is 36.1 Å². The fourth-order valence-electron chi connectivity index (χ4n) is 2.41. The molecule has 0 bridgehead atoms. The zero-order valence-electron chi connectivity index (χ0n) is 9.89. The normalized spacial score (nSPS) is 21.0. The number of thiophene rings is 1. The number of fused-ring (bicyclic) bond motifs is 1. The van der Waals surface area contributed by atoms with E-state index in [2.05, 4.69) is 31.6 Å². The third kappa shape index (κ3) is 2.00. The fraction of sp³-hybridized carbons (Fsp3) is 0.500. The van der Waals surface area contributed by atoms with E-state index in [0.29, 0.717) is 6.04 Å². The van der Waals surface area contributed by atoms with Crippen LogP contribution < -0.4 is 10.2 Å². The Morgan fingerprint density at radius 3 is 3.29 bits per heavy atom. The van der Waals surface area contributed by atoms with Crippen LogP contribution in [0.15, 0.2) is 17.8 Å². The van der Waals surface area contributed by atoms with Crippen LogP contribution in [0, 0.1) is 0 Å². The predicted octanol–water partition coefficient (Wildman–Crippen LogP) is 1.88. The van der Waals surface area contributed by atoms with Gasteiger partial charge >= 0.3 is 0 Å². The summed E-state index contributed by atoms with van der Waals surface area (Å²) in [5.41, 5.74) is 1.06. The summed E-state index contributed by atoms with van der Waals surface area (Å²) in [6.07, 6.45) is 4.15. The topological polar surface area (TPSA) is 41.0 Å². The molecule has 0 aromatic carbocycles. The van der Waals surface area contributed by atoms with Crippen molar-refractivity contribution in [1.82, 2.24) is 15.3 Å². The summed E-state index contributed by atoms with van der Waals surface area (Å²) in [6.45, 7) is 2.14. The lowest BCUT2D eigenvalue weighted by Gasteiger charge is -2.33. The number of rotatable bonds is 2. The van der Waals surface area contributed by atoms with Crippen LogP contribution in [0.25, 0.3) is 10.2 Å². The molecule has 17 heavy (non-hydrogen) atoms. The van der Waals surface area contributed by atoms with Crippen molar-refractivity contribution in [3.05, 3.63) is 17.8 Å². The molecule has 4 nitrogen and oxygen atoms in total. The highest BCUT2D eigenvalue weighted by Crippen LogP contribution is 2.29. The van der Waals surface area contributed by atoms with E-state index in [1.807, 2.05) is 7.05 Å². The summed E-state index contributed by atoms with van der Waals surface area (Å²) in [5, 5.41) is 5.45. The standard InChI is InChI=1S/C12H16N4S/c1-13-9-3-2-5-16(7-9)12-11-10(4-6-17-11)14-8-15-12/h4,6,8-9,13H,2-3,5,7H2,1H3. The molecule has 1 atom stereocenters. The van der Waals surface area contributed by atoms with Gasteiger partial charge in [0.2, 0.25) is 0 Å². The molecule has 5 heteroatoms. The number of hydrogen-bond acceptors (Lipinski definition) is 5. The van der Waals surface area contributed by atoms with Crippen LogP contribution >= 0.6 is 11.3 Å². The number of nitrogens with one attached hydrogen (secondary N) is 1. The largest absolute Gasteiger partial charge is 0.354 e. The molecule has 3 heterocycles. The maximum absolute atomic E-state index is 4.47. The summed E-state index contributed by atoms with van der Waals surface area (Å²) in [4.78, 5) is 11.1. The maximum Gasteiger partial charge on any atom is 0.150 e. The Hall–Kier alpha value is -1.20. The zero-order chi connectivity index (χ0) is 11.7. The van der Waals surface area contributed by atoms with Gasteiger partial charge in [-0.25, -0.2) is 9.97 Å². The monoisotopic (exact) mass is 248 g/mol. The van der Waals surface area contributed by atoms with Crippen LogP contribution in [0.5, 0.6) is 0 Å². The molecule has 3 rings (SSSR count). The molecule has 1 aliphatic heterocycles. The summed E-state index contributed by atoms with van der Waals surface area (Å²) < 4.78 is 1.21. The van der Waals surface area contributed by atoms with Gasteiger partial charge in [0.25, 0.3) is 0 Å². The summed E-state index contributed by atoms with van der Waals surface area (Å²) >= 11 is 1.73.